The molecule has 4 aromatic rings. The van der Waals surface area contributed by atoms with E-state index in [1.165, 1.54) is 18.0 Å². The van der Waals surface area contributed by atoms with Gasteiger partial charge in [-0.05, 0) is 18.2 Å². The lowest BCUT2D eigenvalue weighted by atomic mass is 9.83. The lowest BCUT2D eigenvalue weighted by Gasteiger charge is -2.42. The first-order valence-electron chi connectivity index (χ1n) is 12.9. The molecule has 4 N–H and O–H groups in total. The Labute approximate surface area is 234 Å². The fourth-order valence-corrected chi connectivity index (χ4v) is 6.70. The minimum absolute atomic E-state index is 0.151. The molecule has 1 atom stereocenters. The highest BCUT2D eigenvalue weighted by atomic mass is 35.5. The number of oxazole rings is 1. The van der Waals surface area contributed by atoms with E-state index in [0.717, 1.165) is 53.7 Å². The van der Waals surface area contributed by atoms with Gasteiger partial charge in [-0.15, -0.1) is 0 Å². The van der Waals surface area contributed by atoms with Crippen molar-refractivity contribution in [2.75, 3.05) is 36.9 Å². The van der Waals surface area contributed by atoms with Gasteiger partial charge >= 0.3 is 0 Å². The normalized spacial score (nSPS) is 20.1. The Bertz CT molecular complexity index is 1520. The van der Waals surface area contributed by atoms with Gasteiger partial charge in [-0.1, -0.05) is 47.6 Å². The number of nitrogens with zero attached hydrogens (tertiary/aromatic N) is 4. The van der Waals surface area contributed by atoms with Crippen molar-refractivity contribution in [2.24, 2.45) is 5.73 Å². The van der Waals surface area contributed by atoms with Gasteiger partial charge in [0, 0.05) is 36.4 Å². The fraction of sp³-hybridized carbons (Fsp3) is 0.321. The van der Waals surface area contributed by atoms with E-state index in [4.69, 9.17) is 46.9 Å². The molecule has 0 saturated carbocycles. The standard InChI is InChI=1S/C28H27ClN6O3S/c29-21-18(26-32-10-13-37-26)5-3-7-20(21)39-27-24(31)34-25(22(33-27)16-14-36-15-16)35-11-8-28(9-12-35)23(30)17-4-1-2-6-19(17)38-28/h1-7,10,13,16,23H,8-9,11-12,14-15,30H2,(H2,31,34)/t23-/m1/s1. The number of nitrogen functional groups attached to an aromatic ring is 1. The van der Waals surface area contributed by atoms with E-state index >= 15 is 0 Å². The summed E-state index contributed by atoms with van der Waals surface area (Å²) in [6, 6.07) is 13.6. The average Bonchev–Trinajstić information content (AvgIpc) is 3.54. The maximum atomic E-state index is 6.74. The summed E-state index contributed by atoms with van der Waals surface area (Å²) >= 11 is 8.13. The molecule has 200 valence electrons. The van der Waals surface area contributed by atoms with Gasteiger partial charge in [0.1, 0.15) is 22.6 Å². The number of aromatic nitrogens is 3. The van der Waals surface area contributed by atoms with Gasteiger partial charge in [0.15, 0.2) is 11.6 Å². The molecular formula is C28H27ClN6O3S. The van der Waals surface area contributed by atoms with E-state index in [9.17, 15) is 0 Å². The molecule has 0 unspecified atom stereocenters. The molecule has 3 aliphatic heterocycles. The number of piperidine rings is 1. The SMILES string of the molecule is Nc1nc(N2CCC3(CC2)Oc2ccccc2[C@H]3N)c(C2COC2)nc1Sc1cccc(-c2ncco2)c1Cl. The predicted molar refractivity (Wildman–Crippen MR) is 149 cm³/mol. The molecule has 11 heteroatoms. The Morgan fingerprint density at radius 3 is 2.59 bits per heavy atom. The molecule has 2 fully saturated rings. The van der Waals surface area contributed by atoms with Crippen LogP contribution < -0.4 is 21.1 Å². The van der Waals surface area contributed by atoms with Crippen LogP contribution in [-0.2, 0) is 4.74 Å². The largest absolute Gasteiger partial charge is 0.485 e. The molecule has 0 aliphatic carbocycles. The number of hydrogen-bond acceptors (Lipinski definition) is 10. The molecule has 5 heterocycles. The smallest absolute Gasteiger partial charge is 0.227 e. The second-order valence-corrected chi connectivity index (χ2v) is 11.5. The summed E-state index contributed by atoms with van der Waals surface area (Å²) in [5, 5.41) is 1.14. The van der Waals surface area contributed by atoms with Crippen LogP contribution in [0.4, 0.5) is 11.6 Å². The number of para-hydroxylation sites is 1. The molecule has 9 nitrogen and oxygen atoms in total. The van der Waals surface area contributed by atoms with E-state index < -0.39 is 5.60 Å². The van der Waals surface area contributed by atoms with E-state index in [1.807, 2.05) is 36.4 Å². The summed E-state index contributed by atoms with van der Waals surface area (Å²) in [6.07, 6.45) is 4.68. The van der Waals surface area contributed by atoms with Gasteiger partial charge < -0.3 is 30.3 Å². The summed E-state index contributed by atoms with van der Waals surface area (Å²) in [5.74, 6) is 2.68. The van der Waals surface area contributed by atoms with Crippen LogP contribution >= 0.6 is 23.4 Å². The Morgan fingerprint density at radius 1 is 1.05 bits per heavy atom. The molecule has 1 spiro atoms. The predicted octanol–water partition coefficient (Wildman–Crippen LogP) is 5.06. The maximum Gasteiger partial charge on any atom is 0.227 e. The van der Waals surface area contributed by atoms with Crippen LogP contribution in [0.15, 0.2) is 69.3 Å². The summed E-state index contributed by atoms with van der Waals surface area (Å²) in [6.45, 7) is 2.70. The van der Waals surface area contributed by atoms with Crippen molar-refractivity contribution >= 4 is 35.0 Å². The second kappa shape index (κ2) is 9.71. The number of anilines is 2. The first-order chi connectivity index (χ1) is 19.0. The number of halogens is 1. The van der Waals surface area contributed by atoms with Crippen molar-refractivity contribution < 1.29 is 13.9 Å². The van der Waals surface area contributed by atoms with Gasteiger partial charge in [0.2, 0.25) is 5.89 Å². The Kier molecular flexibility index (Phi) is 6.15. The van der Waals surface area contributed by atoms with Gasteiger partial charge in [-0.3, -0.25) is 0 Å². The summed E-state index contributed by atoms with van der Waals surface area (Å²) < 4.78 is 17.4. The fourth-order valence-electron chi connectivity index (χ4n) is 5.53. The molecule has 0 amide bonds. The van der Waals surface area contributed by atoms with E-state index in [2.05, 4.69) is 16.0 Å². The quantitative estimate of drug-likeness (QED) is 0.340. The number of rotatable bonds is 5. The van der Waals surface area contributed by atoms with Gasteiger partial charge in [-0.2, -0.15) is 0 Å². The van der Waals surface area contributed by atoms with Crippen LogP contribution in [0.3, 0.4) is 0 Å². The summed E-state index contributed by atoms with van der Waals surface area (Å²) in [4.78, 5) is 17.2. The zero-order valence-electron chi connectivity index (χ0n) is 21.0. The maximum absolute atomic E-state index is 6.74. The monoisotopic (exact) mass is 562 g/mol. The lowest BCUT2D eigenvalue weighted by Crippen LogP contribution is -2.52. The second-order valence-electron chi connectivity index (χ2n) is 10.1. The van der Waals surface area contributed by atoms with Crippen LogP contribution in [0.25, 0.3) is 11.5 Å². The third-order valence-corrected chi connectivity index (χ3v) is 9.37. The summed E-state index contributed by atoms with van der Waals surface area (Å²) in [5.41, 5.74) is 15.5. The first-order valence-corrected chi connectivity index (χ1v) is 14.1. The minimum Gasteiger partial charge on any atom is -0.485 e. The van der Waals surface area contributed by atoms with Crippen LogP contribution in [-0.4, -0.2) is 46.9 Å². The average molecular weight is 563 g/mol. The third kappa shape index (κ3) is 4.22. The highest BCUT2D eigenvalue weighted by Gasteiger charge is 2.48. The zero-order valence-corrected chi connectivity index (χ0v) is 22.6. The van der Waals surface area contributed by atoms with Crippen LogP contribution in [0.5, 0.6) is 5.75 Å². The summed E-state index contributed by atoms with van der Waals surface area (Å²) in [7, 11) is 0. The number of hydrogen-bond donors (Lipinski definition) is 2. The Hall–Kier alpha value is -3.31. The molecule has 39 heavy (non-hydrogen) atoms. The van der Waals surface area contributed by atoms with Crippen molar-refractivity contribution in [3.63, 3.8) is 0 Å². The molecule has 7 rings (SSSR count). The topological polar surface area (TPSA) is 126 Å². The van der Waals surface area contributed by atoms with E-state index in [1.54, 1.807) is 6.20 Å². The molecule has 2 aromatic heterocycles. The number of nitrogens with two attached hydrogens (primary N) is 2. The number of fused-ring (bicyclic) bond motifs is 1. The van der Waals surface area contributed by atoms with Crippen molar-refractivity contribution in [1.29, 1.82) is 0 Å². The van der Waals surface area contributed by atoms with E-state index in [0.29, 0.717) is 40.5 Å². The van der Waals surface area contributed by atoms with Gasteiger partial charge in [-0.25, -0.2) is 15.0 Å². The van der Waals surface area contributed by atoms with Crippen molar-refractivity contribution in [3.05, 3.63) is 71.2 Å². The van der Waals surface area contributed by atoms with Gasteiger partial charge in [0.05, 0.1) is 47.7 Å². The zero-order chi connectivity index (χ0) is 26.6. The van der Waals surface area contributed by atoms with Crippen LogP contribution in [0.2, 0.25) is 5.02 Å². The third-order valence-electron chi connectivity index (χ3n) is 7.80. The molecule has 2 saturated heterocycles. The number of ether oxygens (including phenoxy) is 2. The molecular weight excluding hydrogens is 536 g/mol. The first kappa shape index (κ1) is 24.7. The van der Waals surface area contributed by atoms with E-state index in [-0.39, 0.29) is 12.0 Å². The van der Waals surface area contributed by atoms with Crippen LogP contribution in [0, 0.1) is 0 Å². The van der Waals surface area contributed by atoms with Crippen LogP contribution in [0.1, 0.15) is 36.1 Å². The van der Waals surface area contributed by atoms with Crippen molar-refractivity contribution in [1.82, 2.24) is 15.0 Å². The lowest BCUT2D eigenvalue weighted by molar-refractivity contribution is 0.00632. The Morgan fingerprint density at radius 2 is 1.87 bits per heavy atom. The molecule has 3 aliphatic rings. The molecule has 2 aromatic carbocycles. The highest BCUT2D eigenvalue weighted by Crippen LogP contribution is 2.48. The van der Waals surface area contributed by atoms with Gasteiger partial charge in [0.25, 0.3) is 0 Å². The highest BCUT2D eigenvalue weighted by molar-refractivity contribution is 7.99. The minimum atomic E-state index is -0.403. The Balaban J connectivity index is 1.16. The van der Waals surface area contributed by atoms with Crippen molar-refractivity contribution in [2.45, 2.75) is 40.3 Å². The molecule has 0 radical (unpaired) electrons. The van der Waals surface area contributed by atoms with Crippen molar-refractivity contribution in [3.8, 4) is 17.2 Å². The number of benzene rings is 2. The molecule has 0 bridgehead atoms.